The summed E-state index contributed by atoms with van der Waals surface area (Å²) < 4.78 is 0. The molecule has 1 saturated heterocycles. The molecule has 2 rings (SSSR count). The first-order valence-corrected chi connectivity index (χ1v) is 6.87. The predicted octanol–water partition coefficient (Wildman–Crippen LogP) is 1.89. The maximum absolute atomic E-state index is 5.86. The standard InChI is InChI=1S/C15H25N3/c1-12(2)14-6-4-5-7-15(14)18-9-8-17(3)13(10-16)11-18/h4-7,12-13H,8-11,16H2,1-3H3. The Kier molecular flexibility index (Phi) is 4.25. The third-order valence-electron chi connectivity index (χ3n) is 3.95. The second-order valence-corrected chi connectivity index (χ2v) is 5.53. The van der Waals surface area contributed by atoms with E-state index < -0.39 is 0 Å². The first kappa shape index (κ1) is 13.4. The number of hydrogen-bond donors (Lipinski definition) is 1. The van der Waals surface area contributed by atoms with Crippen molar-refractivity contribution in [3.05, 3.63) is 29.8 Å². The fourth-order valence-electron chi connectivity index (χ4n) is 2.68. The highest BCUT2D eigenvalue weighted by Gasteiger charge is 2.24. The van der Waals surface area contributed by atoms with Crippen molar-refractivity contribution >= 4 is 5.69 Å². The Bertz CT molecular complexity index is 389. The Balaban J connectivity index is 2.21. The van der Waals surface area contributed by atoms with Crippen molar-refractivity contribution in [3.8, 4) is 0 Å². The maximum atomic E-state index is 5.86. The fraction of sp³-hybridized carbons (Fsp3) is 0.600. The van der Waals surface area contributed by atoms with Gasteiger partial charge in [0, 0.05) is 37.9 Å². The average molecular weight is 247 g/mol. The van der Waals surface area contributed by atoms with Gasteiger partial charge < -0.3 is 10.6 Å². The van der Waals surface area contributed by atoms with Crippen LogP contribution >= 0.6 is 0 Å². The minimum atomic E-state index is 0.471. The molecule has 0 radical (unpaired) electrons. The van der Waals surface area contributed by atoms with E-state index in [2.05, 4.69) is 55.0 Å². The van der Waals surface area contributed by atoms with Gasteiger partial charge >= 0.3 is 0 Å². The molecule has 1 aromatic carbocycles. The molecule has 0 saturated carbocycles. The molecular weight excluding hydrogens is 222 g/mol. The third-order valence-corrected chi connectivity index (χ3v) is 3.95. The summed E-state index contributed by atoms with van der Waals surface area (Å²) in [6.07, 6.45) is 0. The molecule has 1 atom stereocenters. The van der Waals surface area contributed by atoms with E-state index in [9.17, 15) is 0 Å². The number of para-hydroxylation sites is 1. The van der Waals surface area contributed by atoms with E-state index in [1.807, 2.05) is 0 Å². The lowest BCUT2D eigenvalue weighted by atomic mass is 9.99. The molecule has 1 unspecified atom stereocenters. The summed E-state index contributed by atoms with van der Waals surface area (Å²) >= 11 is 0. The van der Waals surface area contributed by atoms with Crippen LogP contribution in [0.2, 0.25) is 0 Å². The van der Waals surface area contributed by atoms with Crippen molar-refractivity contribution in [2.45, 2.75) is 25.8 Å². The smallest absolute Gasteiger partial charge is 0.0402 e. The van der Waals surface area contributed by atoms with Crippen LogP contribution in [0.3, 0.4) is 0 Å². The summed E-state index contributed by atoms with van der Waals surface area (Å²) in [5, 5.41) is 0. The van der Waals surface area contributed by atoms with Gasteiger partial charge in [-0.3, -0.25) is 4.90 Å². The van der Waals surface area contributed by atoms with Crippen LogP contribution in [0.15, 0.2) is 24.3 Å². The molecule has 2 N–H and O–H groups in total. The molecule has 0 aromatic heterocycles. The van der Waals surface area contributed by atoms with Crippen molar-refractivity contribution in [1.82, 2.24) is 4.90 Å². The molecule has 0 spiro atoms. The Morgan fingerprint density at radius 3 is 2.67 bits per heavy atom. The summed E-state index contributed by atoms with van der Waals surface area (Å²) in [5.41, 5.74) is 8.69. The number of nitrogens with two attached hydrogens (primary N) is 1. The second kappa shape index (κ2) is 5.72. The second-order valence-electron chi connectivity index (χ2n) is 5.53. The van der Waals surface area contributed by atoms with Gasteiger partial charge in [-0.2, -0.15) is 0 Å². The molecule has 0 amide bonds. The average Bonchev–Trinajstić information content (AvgIpc) is 2.39. The normalized spacial score (nSPS) is 21.6. The molecule has 1 aromatic rings. The van der Waals surface area contributed by atoms with Crippen LogP contribution in [0.4, 0.5) is 5.69 Å². The van der Waals surface area contributed by atoms with Crippen molar-refractivity contribution < 1.29 is 0 Å². The highest BCUT2D eigenvalue weighted by Crippen LogP contribution is 2.28. The van der Waals surface area contributed by atoms with Crippen molar-refractivity contribution in [1.29, 1.82) is 0 Å². The maximum Gasteiger partial charge on any atom is 0.0402 e. The van der Waals surface area contributed by atoms with Gasteiger partial charge in [0.25, 0.3) is 0 Å². The van der Waals surface area contributed by atoms with Gasteiger partial charge in [-0.05, 0) is 24.6 Å². The number of likely N-dealkylation sites (N-methyl/N-ethyl adjacent to an activating group) is 1. The van der Waals surface area contributed by atoms with Crippen LogP contribution in [-0.2, 0) is 0 Å². The number of nitrogens with zero attached hydrogens (tertiary/aromatic N) is 2. The van der Waals surface area contributed by atoms with Gasteiger partial charge in [0.05, 0.1) is 0 Å². The SMILES string of the molecule is CC(C)c1ccccc1N1CCN(C)C(CN)C1. The Hall–Kier alpha value is -1.06. The zero-order valence-corrected chi connectivity index (χ0v) is 11.8. The van der Waals surface area contributed by atoms with Crippen LogP contribution in [0.5, 0.6) is 0 Å². The Morgan fingerprint density at radius 2 is 2.00 bits per heavy atom. The van der Waals surface area contributed by atoms with Crippen molar-refractivity contribution in [3.63, 3.8) is 0 Å². The summed E-state index contributed by atoms with van der Waals surface area (Å²) in [6.45, 7) is 8.48. The topological polar surface area (TPSA) is 32.5 Å². The molecule has 1 aliphatic heterocycles. The fourth-order valence-corrected chi connectivity index (χ4v) is 2.68. The lowest BCUT2D eigenvalue weighted by Gasteiger charge is -2.41. The van der Waals surface area contributed by atoms with Crippen LogP contribution < -0.4 is 10.6 Å². The summed E-state index contributed by atoms with van der Waals surface area (Å²) in [6, 6.07) is 9.23. The van der Waals surface area contributed by atoms with Crippen molar-refractivity contribution in [2.24, 2.45) is 5.73 Å². The highest BCUT2D eigenvalue weighted by atomic mass is 15.3. The molecule has 1 aliphatic rings. The van der Waals surface area contributed by atoms with Gasteiger partial charge in [-0.25, -0.2) is 0 Å². The summed E-state index contributed by atoms with van der Waals surface area (Å²) in [7, 11) is 2.17. The van der Waals surface area contributed by atoms with E-state index in [4.69, 9.17) is 5.73 Å². The molecule has 1 heterocycles. The molecule has 100 valence electrons. The quantitative estimate of drug-likeness (QED) is 0.885. The van der Waals surface area contributed by atoms with Gasteiger partial charge in [0.1, 0.15) is 0 Å². The molecule has 0 aliphatic carbocycles. The van der Waals surface area contributed by atoms with Crippen LogP contribution in [-0.4, -0.2) is 44.2 Å². The van der Waals surface area contributed by atoms with Gasteiger partial charge in [0.2, 0.25) is 0 Å². The van der Waals surface area contributed by atoms with E-state index in [0.29, 0.717) is 12.0 Å². The summed E-state index contributed by atoms with van der Waals surface area (Å²) in [4.78, 5) is 4.86. The monoisotopic (exact) mass is 247 g/mol. The van der Waals surface area contributed by atoms with E-state index in [-0.39, 0.29) is 0 Å². The van der Waals surface area contributed by atoms with Crippen LogP contribution in [0.1, 0.15) is 25.3 Å². The number of benzene rings is 1. The minimum Gasteiger partial charge on any atom is -0.368 e. The third kappa shape index (κ3) is 2.68. The predicted molar refractivity (Wildman–Crippen MR) is 78.2 cm³/mol. The van der Waals surface area contributed by atoms with Gasteiger partial charge in [-0.15, -0.1) is 0 Å². The number of piperazine rings is 1. The Labute approximate surface area is 111 Å². The molecule has 0 bridgehead atoms. The number of rotatable bonds is 3. The highest BCUT2D eigenvalue weighted by molar-refractivity contribution is 5.55. The zero-order chi connectivity index (χ0) is 13.1. The van der Waals surface area contributed by atoms with E-state index >= 15 is 0 Å². The Morgan fingerprint density at radius 1 is 1.28 bits per heavy atom. The van der Waals surface area contributed by atoms with Gasteiger partial charge in [0.15, 0.2) is 0 Å². The molecule has 18 heavy (non-hydrogen) atoms. The molecule has 3 heteroatoms. The van der Waals surface area contributed by atoms with Gasteiger partial charge in [-0.1, -0.05) is 32.0 Å². The lowest BCUT2D eigenvalue weighted by Crippen LogP contribution is -2.54. The number of hydrogen-bond acceptors (Lipinski definition) is 3. The van der Waals surface area contributed by atoms with E-state index in [1.54, 1.807) is 0 Å². The van der Waals surface area contributed by atoms with Crippen LogP contribution in [0, 0.1) is 0 Å². The van der Waals surface area contributed by atoms with E-state index in [0.717, 1.165) is 26.2 Å². The first-order valence-electron chi connectivity index (χ1n) is 6.87. The molecular formula is C15H25N3. The largest absolute Gasteiger partial charge is 0.368 e. The number of anilines is 1. The van der Waals surface area contributed by atoms with E-state index in [1.165, 1.54) is 11.3 Å². The lowest BCUT2D eigenvalue weighted by molar-refractivity contribution is 0.223. The zero-order valence-electron chi connectivity index (χ0n) is 11.8. The summed E-state index contributed by atoms with van der Waals surface area (Å²) in [5.74, 6) is 0.567. The van der Waals surface area contributed by atoms with Crippen molar-refractivity contribution in [2.75, 3.05) is 38.1 Å². The molecule has 1 fully saturated rings. The first-order chi connectivity index (χ1) is 8.63. The van der Waals surface area contributed by atoms with Crippen LogP contribution in [0.25, 0.3) is 0 Å². The minimum absolute atomic E-state index is 0.471. The molecule has 3 nitrogen and oxygen atoms in total.